The monoisotopic (exact) mass is 456 g/mol. The van der Waals surface area contributed by atoms with E-state index in [4.69, 9.17) is 0 Å². The van der Waals surface area contributed by atoms with E-state index in [9.17, 15) is 23.1 Å². The van der Waals surface area contributed by atoms with Crippen LogP contribution in [0.3, 0.4) is 0 Å². The van der Waals surface area contributed by atoms with Crippen molar-refractivity contribution in [3.63, 3.8) is 0 Å². The summed E-state index contributed by atoms with van der Waals surface area (Å²) in [6, 6.07) is 0. The van der Waals surface area contributed by atoms with E-state index >= 15 is 0 Å². The number of fused-ring (bicyclic) bond motifs is 5. The van der Waals surface area contributed by atoms with E-state index in [1.54, 1.807) is 0 Å². The lowest BCUT2D eigenvalue weighted by Gasteiger charge is -2.59. The van der Waals surface area contributed by atoms with Crippen molar-refractivity contribution in [3.05, 3.63) is 0 Å². The zero-order chi connectivity index (χ0) is 23.5. The number of alkyl halides is 3. The molecule has 4 saturated carbocycles. The van der Waals surface area contributed by atoms with Crippen molar-refractivity contribution in [1.82, 2.24) is 0 Å². The Morgan fingerprint density at radius 2 is 1.66 bits per heavy atom. The van der Waals surface area contributed by atoms with Gasteiger partial charge >= 0.3 is 6.18 Å². The first-order valence-corrected chi connectivity index (χ1v) is 13.1. The molecule has 4 rings (SSSR count). The van der Waals surface area contributed by atoms with Gasteiger partial charge in [-0.05, 0) is 117 Å². The van der Waals surface area contributed by atoms with Gasteiger partial charge in [0.15, 0.2) is 5.60 Å². The summed E-state index contributed by atoms with van der Waals surface area (Å²) >= 11 is 0. The topological polar surface area (TPSA) is 37.3 Å². The first-order valence-electron chi connectivity index (χ1n) is 13.1. The number of aliphatic hydroxyl groups is 1. The van der Waals surface area contributed by atoms with Crippen LogP contribution in [-0.4, -0.2) is 22.7 Å². The van der Waals surface area contributed by atoms with Crippen molar-refractivity contribution in [2.45, 2.75) is 117 Å². The second-order valence-corrected chi connectivity index (χ2v) is 12.8. The molecular formula is C27H43F3O2. The number of Topliss-reactive ketones (excluding diaryl/α,β-unsaturated/α-hetero) is 1. The van der Waals surface area contributed by atoms with Crippen LogP contribution in [0, 0.1) is 46.3 Å². The molecule has 0 bridgehead atoms. The minimum Gasteiger partial charge on any atom is -0.381 e. The largest absolute Gasteiger partial charge is 0.416 e. The predicted octanol–water partition coefficient (Wildman–Crippen LogP) is 7.33. The average Bonchev–Trinajstić information content (AvgIpc) is 2.98. The highest BCUT2D eigenvalue weighted by atomic mass is 19.4. The second-order valence-electron chi connectivity index (χ2n) is 12.8. The fourth-order valence-corrected chi connectivity index (χ4v) is 9.09. The highest BCUT2D eigenvalue weighted by Crippen LogP contribution is 2.68. The first kappa shape index (κ1) is 24.5. The maximum atomic E-state index is 13.1. The quantitative estimate of drug-likeness (QED) is 0.481. The normalized spacial score (nSPS) is 45.2. The van der Waals surface area contributed by atoms with Gasteiger partial charge in [-0.15, -0.1) is 0 Å². The van der Waals surface area contributed by atoms with Crippen LogP contribution in [0.2, 0.25) is 0 Å². The summed E-state index contributed by atoms with van der Waals surface area (Å²) in [6.07, 6.45) is 6.47. The summed E-state index contributed by atoms with van der Waals surface area (Å²) in [5.41, 5.74) is -2.11. The number of carbonyl (C=O) groups is 1. The van der Waals surface area contributed by atoms with Crippen LogP contribution in [0.5, 0.6) is 0 Å². The lowest BCUT2D eigenvalue weighted by molar-refractivity contribution is -0.256. The van der Waals surface area contributed by atoms with Gasteiger partial charge in [-0.1, -0.05) is 20.8 Å². The number of halogens is 3. The SMILES string of the molecule is C[C@H](CCC(C)(O)C(F)(F)F)[C@H]1CC[C@H]2[C@@H]3CC[C@H]4CCC(=O)CC[C@]4(C)[C@H]3CC[C@]12C. The Balaban J connectivity index is 1.47. The summed E-state index contributed by atoms with van der Waals surface area (Å²) in [4.78, 5) is 12.2. The molecule has 0 aromatic carbocycles. The zero-order valence-electron chi connectivity index (χ0n) is 20.4. The maximum Gasteiger partial charge on any atom is 0.416 e. The lowest BCUT2D eigenvalue weighted by atomic mass is 9.46. The number of hydrogen-bond donors (Lipinski definition) is 1. The molecule has 0 aromatic rings. The fraction of sp³-hybridized carbons (Fsp3) is 0.963. The Morgan fingerprint density at radius 1 is 0.969 bits per heavy atom. The van der Waals surface area contributed by atoms with E-state index in [1.165, 1.54) is 32.1 Å². The van der Waals surface area contributed by atoms with E-state index in [2.05, 4.69) is 20.8 Å². The molecule has 0 aromatic heterocycles. The Labute approximate surface area is 192 Å². The van der Waals surface area contributed by atoms with Gasteiger partial charge in [0.05, 0.1) is 0 Å². The molecule has 1 N–H and O–H groups in total. The number of hydrogen-bond acceptors (Lipinski definition) is 2. The van der Waals surface area contributed by atoms with E-state index in [0.717, 1.165) is 39.0 Å². The van der Waals surface area contributed by atoms with Gasteiger partial charge in [-0.25, -0.2) is 0 Å². The van der Waals surface area contributed by atoms with Gasteiger partial charge in [0.2, 0.25) is 0 Å². The van der Waals surface area contributed by atoms with Gasteiger partial charge in [0.1, 0.15) is 5.78 Å². The minimum atomic E-state index is -4.57. The molecule has 5 heteroatoms. The molecule has 0 radical (unpaired) electrons. The summed E-state index contributed by atoms with van der Waals surface area (Å²) in [5.74, 6) is 3.83. The highest BCUT2D eigenvalue weighted by Gasteiger charge is 2.60. The van der Waals surface area contributed by atoms with Crippen molar-refractivity contribution >= 4 is 5.78 Å². The minimum absolute atomic E-state index is 0.192. The average molecular weight is 457 g/mol. The molecule has 4 fully saturated rings. The van der Waals surface area contributed by atoms with Crippen molar-refractivity contribution in [1.29, 1.82) is 0 Å². The summed E-state index contributed by atoms with van der Waals surface area (Å²) < 4.78 is 39.4. The molecule has 32 heavy (non-hydrogen) atoms. The van der Waals surface area contributed by atoms with E-state index in [-0.39, 0.29) is 23.2 Å². The second kappa shape index (κ2) is 8.27. The van der Waals surface area contributed by atoms with Gasteiger partial charge < -0.3 is 5.11 Å². The molecule has 0 amide bonds. The van der Waals surface area contributed by atoms with Gasteiger partial charge in [-0.3, -0.25) is 4.79 Å². The van der Waals surface area contributed by atoms with E-state index < -0.39 is 11.8 Å². The smallest absolute Gasteiger partial charge is 0.381 e. The van der Waals surface area contributed by atoms with Gasteiger partial charge in [0, 0.05) is 12.8 Å². The van der Waals surface area contributed by atoms with E-state index in [0.29, 0.717) is 41.8 Å². The number of ketones is 1. The molecule has 4 aliphatic carbocycles. The number of carbonyl (C=O) groups excluding carboxylic acids is 1. The molecule has 0 spiro atoms. The lowest BCUT2D eigenvalue weighted by Crippen LogP contribution is -2.52. The molecule has 0 saturated heterocycles. The van der Waals surface area contributed by atoms with Crippen molar-refractivity contribution in [3.8, 4) is 0 Å². The van der Waals surface area contributed by atoms with Crippen LogP contribution in [-0.2, 0) is 4.79 Å². The molecule has 0 heterocycles. The Hall–Kier alpha value is -0.580. The van der Waals surface area contributed by atoms with Crippen LogP contribution in [0.1, 0.15) is 105 Å². The maximum absolute atomic E-state index is 13.1. The Morgan fingerprint density at radius 3 is 2.34 bits per heavy atom. The van der Waals surface area contributed by atoms with Crippen LogP contribution in [0.4, 0.5) is 13.2 Å². The van der Waals surface area contributed by atoms with Crippen LogP contribution < -0.4 is 0 Å². The standard InChI is InChI=1S/C27H43F3O2/c1-17(11-16-26(4,32)27(28,29)30)21-9-10-22-20-8-6-18-5-7-19(31)12-14-24(18,2)23(20)13-15-25(21,22)3/h17-18,20-23,32H,5-16H2,1-4H3/t17-,18-,20+,21-,22+,23+,24+,25-,26?/m1/s1. The molecule has 4 aliphatic rings. The zero-order valence-corrected chi connectivity index (χ0v) is 20.4. The van der Waals surface area contributed by atoms with Gasteiger partial charge in [0.25, 0.3) is 0 Å². The Bertz CT molecular complexity index is 716. The molecular weight excluding hydrogens is 413 g/mol. The third-order valence-corrected chi connectivity index (χ3v) is 11.2. The first-order chi connectivity index (χ1) is 14.8. The third-order valence-electron chi connectivity index (χ3n) is 11.2. The fourth-order valence-electron chi connectivity index (χ4n) is 9.09. The Kier molecular flexibility index (Phi) is 6.34. The number of rotatable bonds is 4. The predicted molar refractivity (Wildman–Crippen MR) is 120 cm³/mol. The van der Waals surface area contributed by atoms with Crippen molar-refractivity contribution in [2.24, 2.45) is 46.3 Å². The van der Waals surface area contributed by atoms with Crippen LogP contribution in [0.15, 0.2) is 0 Å². The van der Waals surface area contributed by atoms with Gasteiger partial charge in [-0.2, -0.15) is 13.2 Å². The van der Waals surface area contributed by atoms with Crippen molar-refractivity contribution < 1.29 is 23.1 Å². The molecule has 2 nitrogen and oxygen atoms in total. The molecule has 9 atom stereocenters. The third kappa shape index (κ3) is 3.96. The molecule has 1 unspecified atom stereocenters. The van der Waals surface area contributed by atoms with Crippen LogP contribution in [0.25, 0.3) is 0 Å². The highest BCUT2D eigenvalue weighted by molar-refractivity contribution is 5.78. The molecule has 184 valence electrons. The summed E-state index contributed by atoms with van der Waals surface area (Å²) in [7, 11) is 0. The summed E-state index contributed by atoms with van der Waals surface area (Å²) in [6.45, 7) is 7.94. The van der Waals surface area contributed by atoms with Crippen molar-refractivity contribution in [2.75, 3.05) is 0 Å². The van der Waals surface area contributed by atoms with E-state index in [1.807, 2.05) is 0 Å². The van der Waals surface area contributed by atoms with Crippen LogP contribution >= 0.6 is 0 Å². The molecule has 0 aliphatic heterocycles. The summed E-state index contributed by atoms with van der Waals surface area (Å²) in [5, 5.41) is 9.92.